The molecule has 1 amide bonds. The molecule has 0 fully saturated rings. The number of hydrogen-bond donors (Lipinski definition) is 2. The van der Waals surface area contributed by atoms with Crippen LogP contribution < -0.4 is 10.6 Å². The largest absolute Gasteiger partial charge is 0.324 e. The van der Waals surface area contributed by atoms with Crippen molar-refractivity contribution in [3.8, 4) is 0 Å². The highest BCUT2D eigenvalue weighted by Gasteiger charge is 2.18. The number of para-hydroxylation sites is 2. The summed E-state index contributed by atoms with van der Waals surface area (Å²) < 4.78 is 0. The normalized spacial score (nSPS) is 11.2. The third-order valence-electron chi connectivity index (χ3n) is 4.62. The molecule has 1 heterocycles. The van der Waals surface area contributed by atoms with Crippen molar-refractivity contribution in [2.75, 3.05) is 10.6 Å². The second kappa shape index (κ2) is 7.80. The third-order valence-corrected chi connectivity index (χ3v) is 4.62. The quantitative estimate of drug-likeness (QED) is 0.643. The van der Waals surface area contributed by atoms with Crippen molar-refractivity contribution in [3.63, 3.8) is 0 Å². The molecule has 0 aliphatic heterocycles. The van der Waals surface area contributed by atoms with Crippen molar-refractivity contribution in [2.24, 2.45) is 0 Å². The van der Waals surface area contributed by atoms with Crippen LogP contribution >= 0.6 is 0 Å². The van der Waals surface area contributed by atoms with Gasteiger partial charge in [-0.1, -0.05) is 57.2 Å². The van der Waals surface area contributed by atoms with E-state index in [1.165, 1.54) is 18.0 Å². The Hall–Kier alpha value is -3.21. The van der Waals surface area contributed by atoms with E-state index in [4.69, 9.17) is 0 Å². The number of hydrogen-bond acceptors (Lipinski definition) is 4. The Morgan fingerprint density at radius 3 is 2.11 bits per heavy atom. The van der Waals surface area contributed by atoms with Crippen LogP contribution in [0.2, 0.25) is 0 Å². The van der Waals surface area contributed by atoms with Gasteiger partial charge in [-0.2, -0.15) is 0 Å². The molecule has 0 saturated carbocycles. The van der Waals surface area contributed by atoms with Gasteiger partial charge in [-0.3, -0.25) is 4.79 Å². The van der Waals surface area contributed by atoms with Crippen molar-refractivity contribution in [1.82, 2.24) is 9.97 Å². The minimum atomic E-state index is -0.223. The summed E-state index contributed by atoms with van der Waals surface area (Å²) in [6.45, 7) is 10.4. The van der Waals surface area contributed by atoms with Crippen LogP contribution in [0.25, 0.3) is 0 Å². The molecule has 2 N–H and O–H groups in total. The monoisotopic (exact) mass is 374 g/mol. The fourth-order valence-electron chi connectivity index (χ4n) is 3.07. The van der Waals surface area contributed by atoms with E-state index in [2.05, 4.69) is 47.4 Å². The summed E-state index contributed by atoms with van der Waals surface area (Å²) >= 11 is 0. The van der Waals surface area contributed by atoms with Crippen LogP contribution in [0.1, 0.15) is 47.8 Å². The number of anilines is 3. The second-order valence-electron chi connectivity index (χ2n) is 7.94. The Balaban J connectivity index is 1.77. The van der Waals surface area contributed by atoms with Gasteiger partial charge < -0.3 is 10.6 Å². The SMILES string of the molecule is Cc1cccc(C)c1NC(=O)c1cnc(Nc2ccccc2C(C)(C)C)nc1. The summed E-state index contributed by atoms with van der Waals surface area (Å²) in [5.74, 6) is 0.236. The first-order valence-corrected chi connectivity index (χ1v) is 9.32. The van der Waals surface area contributed by atoms with Crippen molar-refractivity contribution >= 4 is 23.2 Å². The highest BCUT2D eigenvalue weighted by molar-refractivity contribution is 6.04. The molecule has 5 nitrogen and oxygen atoms in total. The fourth-order valence-corrected chi connectivity index (χ4v) is 3.07. The van der Waals surface area contributed by atoms with Gasteiger partial charge in [0.1, 0.15) is 0 Å². The number of nitrogens with one attached hydrogen (secondary N) is 2. The lowest BCUT2D eigenvalue weighted by Crippen LogP contribution is -2.15. The average molecular weight is 374 g/mol. The molecule has 0 aliphatic carbocycles. The van der Waals surface area contributed by atoms with Crippen LogP contribution in [0.3, 0.4) is 0 Å². The Kier molecular flexibility index (Phi) is 5.45. The maximum absolute atomic E-state index is 12.6. The maximum Gasteiger partial charge on any atom is 0.258 e. The highest BCUT2D eigenvalue weighted by atomic mass is 16.1. The molecule has 2 aromatic carbocycles. The van der Waals surface area contributed by atoms with Crippen molar-refractivity contribution in [2.45, 2.75) is 40.0 Å². The van der Waals surface area contributed by atoms with Gasteiger partial charge in [0.2, 0.25) is 5.95 Å². The van der Waals surface area contributed by atoms with Gasteiger partial charge >= 0.3 is 0 Å². The van der Waals surface area contributed by atoms with Crippen molar-refractivity contribution in [1.29, 1.82) is 0 Å². The van der Waals surface area contributed by atoms with E-state index in [-0.39, 0.29) is 11.3 Å². The predicted molar refractivity (Wildman–Crippen MR) is 114 cm³/mol. The van der Waals surface area contributed by atoms with E-state index < -0.39 is 0 Å². The predicted octanol–water partition coefficient (Wildman–Crippen LogP) is 5.39. The van der Waals surface area contributed by atoms with E-state index in [0.29, 0.717) is 11.5 Å². The van der Waals surface area contributed by atoms with E-state index in [1.807, 2.05) is 50.2 Å². The summed E-state index contributed by atoms with van der Waals surface area (Å²) in [6.07, 6.45) is 3.08. The first kappa shape index (κ1) is 19.5. The first-order chi connectivity index (χ1) is 13.3. The van der Waals surface area contributed by atoms with Gasteiger partial charge in [0, 0.05) is 23.8 Å². The zero-order chi connectivity index (χ0) is 20.3. The molecule has 144 valence electrons. The molecule has 0 bridgehead atoms. The summed E-state index contributed by atoms with van der Waals surface area (Å²) in [5, 5.41) is 6.21. The zero-order valence-electron chi connectivity index (χ0n) is 17.0. The molecule has 1 aromatic heterocycles. The molecular weight excluding hydrogens is 348 g/mol. The van der Waals surface area contributed by atoms with Gasteiger partial charge in [0.25, 0.3) is 5.91 Å². The summed E-state index contributed by atoms with van der Waals surface area (Å²) in [4.78, 5) is 21.2. The molecule has 0 spiro atoms. The summed E-state index contributed by atoms with van der Waals surface area (Å²) in [6, 6.07) is 14.0. The molecule has 3 aromatic rings. The van der Waals surface area contributed by atoms with E-state index >= 15 is 0 Å². The molecule has 3 rings (SSSR count). The second-order valence-corrected chi connectivity index (χ2v) is 7.94. The highest BCUT2D eigenvalue weighted by Crippen LogP contribution is 2.30. The van der Waals surface area contributed by atoms with Crippen LogP contribution in [-0.2, 0) is 5.41 Å². The van der Waals surface area contributed by atoms with Gasteiger partial charge in [-0.05, 0) is 42.0 Å². The molecule has 0 radical (unpaired) electrons. The van der Waals surface area contributed by atoms with Gasteiger partial charge in [0.15, 0.2) is 0 Å². The van der Waals surface area contributed by atoms with Crippen LogP contribution in [0.5, 0.6) is 0 Å². The topological polar surface area (TPSA) is 66.9 Å². The Labute approximate surface area is 166 Å². The maximum atomic E-state index is 12.6. The standard InChI is InChI=1S/C23H26N4O/c1-15-9-8-10-16(2)20(15)27-21(28)17-13-24-22(25-14-17)26-19-12-7-6-11-18(19)23(3,4)5/h6-14H,1-5H3,(H,27,28)(H,24,25,26). The molecule has 0 aliphatic rings. The fraction of sp³-hybridized carbons (Fsp3) is 0.261. The van der Waals surface area contributed by atoms with Crippen LogP contribution in [0, 0.1) is 13.8 Å². The number of amides is 1. The smallest absolute Gasteiger partial charge is 0.258 e. The number of carbonyl (C=O) groups is 1. The van der Waals surface area contributed by atoms with Crippen LogP contribution in [0.4, 0.5) is 17.3 Å². The molecular formula is C23H26N4O. The molecule has 0 atom stereocenters. The lowest BCUT2D eigenvalue weighted by Gasteiger charge is -2.22. The minimum absolute atomic E-state index is 0.00514. The number of benzene rings is 2. The minimum Gasteiger partial charge on any atom is -0.324 e. The molecule has 28 heavy (non-hydrogen) atoms. The lowest BCUT2D eigenvalue weighted by atomic mass is 9.86. The van der Waals surface area contributed by atoms with Crippen LogP contribution in [-0.4, -0.2) is 15.9 Å². The Bertz CT molecular complexity index is 968. The van der Waals surface area contributed by atoms with Crippen molar-refractivity contribution in [3.05, 3.63) is 77.1 Å². The average Bonchev–Trinajstić information content (AvgIpc) is 2.65. The van der Waals surface area contributed by atoms with Crippen molar-refractivity contribution < 1.29 is 4.79 Å². The third kappa shape index (κ3) is 4.36. The van der Waals surface area contributed by atoms with Gasteiger partial charge in [-0.25, -0.2) is 9.97 Å². The summed E-state index contributed by atoms with van der Waals surface area (Å²) in [5.41, 5.74) is 5.41. The van der Waals surface area contributed by atoms with E-state index in [1.54, 1.807) is 0 Å². The summed E-state index contributed by atoms with van der Waals surface area (Å²) in [7, 11) is 0. The number of carbonyl (C=O) groups excluding carboxylic acids is 1. The first-order valence-electron chi connectivity index (χ1n) is 9.32. The zero-order valence-corrected chi connectivity index (χ0v) is 17.0. The lowest BCUT2D eigenvalue weighted by molar-refractivity contribution is 0.102. The molecule has 0 unspecified atom stereocenters. The van der Waals surface area contributed by atoms with Gasteiger partial charge in [0.05, 0.1) is 5.56 Å². The number of aromatic nitrogens is 2. The Morgan fingerprint density at radius 1 is 0.893 bits per heavy atom. The molecule has 5 heteroatoms. The van der Waals surface area contributed by atoms with Crippen LogP contribution in [0.15, 0.2) is 54.9 Å². The van der Waals surface area contributed by atoms with Gasteiger partial charge in [-0.15, -0.1) is 0 Å². The van der Waals surface area contributed by atoms with E-state index in [9.17, 15) is 4.79 Å². The Morgan fingerprint density at radius 2 is 1.50 bits per heavy atom. The number of aryl methyl sites for hydroxylation is 2. The molecule has 0 saturated heterocycles. The number of nitrogens with zero attached hydrogens (tertiary/aromatic N) is 2. The van der Waals surface area contributed by atoms with E-state index in [0.717, 1.165) is 22.5 Å². The number of rotatable bonds is 4.